The minimum absolute atomic E-state index is 0.297. The van der Waals surface area contributed by atoms with Crippen LogP contribution in [0.2, 0.25) is 0 Å². The van der Waals surface area contributed by atoms with Gasteiger partial charge in [0.1, 0.15) is 10.8 Å². The Hall–Kier alpha value is -1.86. The maximum absolute atomic E-state index is 12.7. The number of rotatable bonds is 4. The molecule has 0 unspecified atom stereocenters. The van der Waals surface area contributed by atoms with Gasteiger partial charge in [-0.2, -0.15) is 0 Å². The van der Waals surface area contributed by atoms with E-state index in [1.54, 1.807) is 25.3 Å². The summed E-state index contributed by atoms with van der Waals surface area (Å²) in [4.78, 5) is 26.2. The molecule has 1 amide bonds. The Kier molecular flexibility index (Phi) is 5.44. The van der Waals surface area contributed by atoms with Crippen molar-refractivity contribution in [3.8, 4) is 5.75 Å². The lowest BCUT2D eigenvalue weighted by molar-refractivity contribution is 0.0601. The number of carbonyl (C=O) groups excluding carboxylic acids is 2. The highest BCUT2D eigenvalue weighted by Crippen LogP contribution is 2.39. The van der Waals surface area contributed by atoms with E-state index in [1.807, 2.05) is 0 Å². The summed E-state index contributed by atoms with van der Waals surface area (Å²) < 4.78 is 10.8. The van der Waals surface area contributed by atoms with Crippen LogP contribution in [0.1, 0.15) is 44.0 Å². The van der Waals surface area contributed by atoms with E-state index in [1.165, 1.54) is 18.4 Å². The molecule has 0 atom stereocenters. The number of amides is 1. The molecule has 0 saturated carbocycles. The third kappa shape index (κ3) is 3.57. The maximum atomic E-state index is 12.7. The third-order valence-electron chi connectivity index (χ3n) is 4.21. The molecule has 0 spiro atoms. The lowest BCUT2D eigenvalue weighted by Crippen LogP contribution is -2.15. The van der Waals surface area contributed by atoms with Crippen molar-refractivity contribution < 1.29 is 19.1 Å². The SMILES string of the molecule is COC(=O)c1c(NC(=O)c2cc(OC)ccc2Br)sc2c1CCCC2. The molecule has 25 heavy (non-hydrogen) atoms. The number of carbonyl (C=O) groups is 2. The van der Waals surface area contributed by atoms with Crippen LogP contribution in [0.3, 0.4) is 0 Å². The van der Waals surface area contributed by atoms with Crippen LogP contribution in [0.5, 0.6) is 5.75 Å². The van der Waals surface area contributed by atoms with Crippen molar-refractivity contribution in [2.24, 2.45) is 0 Å². The zero-order chi connectivity index (χ0) is 18.0. The molecule has 2 aromatic rings. The Morgan fingerprint density at radius 3 is 2.68 bits per heavy atom. The first-order valence-corrected chi connectivity index (χ1v) is 9.53. The molecule has 1 N–H and O–H groups in total. The van der Waals surface area contributed by atoms with Gasteiger partial charge < -0.3 is 14.8 Å². The first kappa shape index (κ1) is 17.9. The molecule has 0 aliphatic heterocycles. The number of benzene rings is 1. The summed E-state index contributed by atoms with van der Waals surface area (Å²) in [5, 5.41) is 3.44. The van der Waals surface area contributed by atoms with E-state index in [0.717, 1.165) is 36.1 Å². The van der Waals surface area contributed by atoms with Gasteiger partial charge in [0.2, 0.25) is 0 Å². The molecule has 1 aliphatic rings. The van der Waals surface area contributed by atoms with Crippen molar-refractivity contribution in [3.05, 3.63) is 44.2 Å². The Balaban J connectivity index is 1.96. The van der Waals surface area contributed by atoms with Crippen molar-refractivity contribution in [1.82, 2.24) is 0 Å². The van der Waals surface area contributed by atoms with Crippen LogP contribution in [0.25, 0.3) is 0 Å². The average Bonchev–Trinajstić information content (AvgIpc) is 2.99. The molecule has 1 heterocycles. The van der Waals surface area contributed by atoms with Gasteiger partial charge in [-0.25, -0.2) is 4.79 Å². The van der Waals surface area contributed by atoms with E-state index in [4.69, 9.17) is 9.47 Å². The first-order valence-electron chi connectivity index (χ1n) is 7.93. The Morgan fingerprint density at radius 1 is 1.20 bits per heavy atom. The third-order valence-corrected chi connectivity index (χ3v) is 6.10. The van der Waals surface area contributed by atoms with E-state index in [2.05, 4.69) is 21.2 Å². The fraction of sp³-hybridized carbons (Fsp3) is 0.333. The zero-order valence-electron chi connectivity index (χ0n) is 14.0. The molecule has 0 fully saturated rings. The number of hydrogen-bond acceptors (Lipinski definition) is 5. The molecular formula is C18H18BrNO4S. The molecule has 7 heteroatoms. The Bertz CT molecular complexity index is 831. The van der Waals surface area contributed by atoms with Gasteiger partial charge in [-0.1, -0.05) is 0 Å². The predicted molar refractivity (Wildman–Crippen MR) is 101 cm³/mol. The summed E-state index contributed by atoms with van der Waals surface area (Å²) in [5.74, 6) is -0.110. The minimum Gasteiger partial charge on any atom is -0.497 e. The highest BCUT2D eigenvalue weighted by atomic mass is 79.9. The Labute approximate surface area is 158 Å². The summed E-state index contributed by atoms with van der Waals surface area (Å²) >= 11 is 4.85. The number of ether oxygens (including phenoxy) is 2. The van der Waals surface area contributed by atoms with Crippen molar-refractivity contribution in [2.75, 3.05) is 19.5 Å². The molecule has 132 valence electrons. The van der Waals surface area contributed by atoms with Crippen LogP contribution in [0, 0.1) is 0 Å². The van der Waals surface area contributed by atoms with E-state index < -0.39 is 5.97 Å². The summed E-state index contributed by atoms with van der Waals surface area (Å²) in [5.41, 5.74) is 1.96. The van der Waals surface area contributed by atoms with E-state index >= 15 is 0 Å². The molecule has 1 aromatic heterocycles. The van der Waals surface area contributed by atoms with Gasteiger partial charge in [-0.15, -0.1) is 11.3 Å². The number of anilines is 1. The molecular weight excluding hydrogens is 406 g/mol. The molecule has 5 nitrogen and oxygen atoms in total. The zero-order valence-corrected chi connectivity index (χ0v) is 16.4. The lowest BCUT2D eigenvalue weighted by Gasteiger charge is -2.12. The van der Waals surface area contributed by atoms with E-state index in [0.29, 0.717) is 26.4 Å². The first-order chi connectivity index (χ1) is 12.0. The second-order valence-electron chi connectivity index (χ2n) is 5.71. The fourth-order valence-electron chi connectivity index (χ4n) is 2.95. The fourth-order valence-corrected chi connectivity index (χ4v) is 4.65. The van der Waals surface area contributed by atoms with Crippen LogP contribution >= 0.6 is 27.3 Å². The highest BCUT2D eigenvalue weighted by Gasteiger charge is 2.27. The van der Waals surface area contributed by atoms with Crippen LogP contribution in [0.4, 0.5) is 5.00 Å². The van der Waals surface area contributed by atoms with Gasteiger partial charge in [-0.3, -0.25) is 4.79 Å². The van der Waals surface area contributed by atoms with Crippen LogP contribution < -0.4 is 10.1 Å². The molecule has 0 saturated heterocycles. The predicted octanol–water partition coefficient (Wildman–Crippen LogP) is 4.44. The maximum Gasteiger partial charge on any atom is 0.341 e. The number of fused-ring (bicyclic) bond motifs is 1. The molecule has 1 aromatic carbocycles. The number of hydrogen-bond donors (Lipinski definition) is 1. The standard InChI is InChI=1S/C18H18BrNO4S/c1-23-10-7-8-13(19)12(9-10)16(21)20-17-15(18(22)24-2)11-5-3-4-6-14(11)25-17/h7-9H,3-6H2,1-2H3,(H,20,21). The molecule has 0 bridgehead atoms. The monoisotopic (exact) mass is 423 g/mol. The summed E-state index contributed by atoms with van der Waals surface area (Å²) in [6.45, 7) is 0. The number of esters is 1. The van der Waals surface area contributed by atoms with E-state index in [9.17, 15) is 9.59 Å². The summed E-state index contributed by atoms with van der Waals surface area (Å²) in [6.07, 6.45) is 3.92. The molecule has 0 radical (unpaired) electrons. The normalized spacial score (nSPS) is 13.1. The summed E-state index contributed by atoms with van der Waals surface area (Å²) in [6, 6.07) is 5.18. The van der Waals surface area contributed by atoms with Crippen molar-refractivity contribution in [1.29, 1.82) is 0 Å². The topological polar surface area (TPSA) is 64.6 Å². The summed E-state index contributed by atoms with van der Waals surface area (Å²) in [7, 11) is 2.91. The quantitative estimate of drug-likeness (QED) is 0.738. The van der Waals surface area contributed by atoms with Gasteiger partial charge in [0.25, 0.3) is 5.91 Å². The van der Waals surface area contributed by atoms with Crippen LogP contribution in [-0.2, 0) is 17.6 Å². The second-order valence-corrected chi connectivity index (χ2v) is 7.67. The van der Waals surface area contributed by atoms with Crippen molar-refractivity contribution in [2.45, 2.75) is 25.7 Å². The Morgan fingerprint density at radius 2 is 1.96 bits per heavy atom. The number of thiophene rings is 1. The second kappa shape index (κ2) is 7.58. The smallest absolute Gasteiger partial charge is 0.341 e. The number of halogens is 1. The van der Waals surface area contributed by atoms with Crippen LogP contribution in [0.15, 0.2) is 22.7 Å². The number of nitrogens with one attached hydrogen (secondary N) is 1. The van der Waals surface area contributed by atoms with Gasteiger partial charge in [0.15, 0.2) is 0 Å². The number of aryl methyl sites for hydroxylation is 1. The molecule has 1 aliphatic carbocycles. The minimum atomic E-state index is -0.403. The van der Waals surface area contributed by atoms with Crippen LogP contribution in [-0.4, -0.2) is 26.1 Å². The lowest BCUT2D eigenvalue weighted by atomic mass is 9.95. The van der Waals surface area contributed by atoms with E-state index in [-0.39, 0.29) is 5.91 Å². The largest absolute Gasteiger partial charge is 0.497 e. The van der Waals surface area contributed by atoms with Gasteiger partial charge >= 0.3 is 5.97 Å². The van der Waals surface area contributed by atoms with Gasteiger partial charge in [0.05, 0.1) is 25.3 Å². The number of methoxy groups -OCH3 is 2. The highest BCUT2D eigenvalue weighted by molar-refractivity contribution is 9.10. The van der Waals surface area contributed by atoms with Gasteiger partial charge in [-0.05, 0) is 65.4 Å². The molecule has 3 rings (SSSR count). The van der Waals surface area contributed by atoms with Crippen molar-refractivity contribution in [3.63, 3.8) is 0 Å². The van der Waals surface area contributed by atoms with Crippen molar-refractivity contribution >= 4 is 44.1 Å². The van der Waals surface area contributed by atoms with Gasteiger partial charge in [0, 0.05) is 9.35 Å². The average molecular weight is 424 g/mol.